The van der Waals surface area contributed by atoms with Crippen molar-refractivity contribution in [3.63, 3.8) is 0 Å². The van der Waals surface area contributed by atoms with Gasteiger partial charge in [0.25, 0.3) is 0 Å². The van der Waals surface area contributed by atoms with E-state index in [-0.39, 0.29) is 11.3 Å². The molecule has 0 spiro atoms. The van der Waals surface area contributed by atoms with Crippen LogP contribution in [-0.4, -0.2) is 25.0 Å². The smallest absolute Gasteiger partial charge is 0.226 e. The number of piperidine rings is 1. The van der Waals surface area contributed by atoms with E-state index in [0.717, 1.165) is 45.2 Å². The molecule has 1 aliphatic heterocycles. The van der Waals surface area contributed by atoms with Crippen LogP contribution in [-0.2, 0) is 4.79 Å². The lowest BCUT2D eigenvalue weighted by Gasteiger charge is -2.36. The maximum absolute atomic E-state index is 12.3. The van der Waals surface area contributed by atoms with E-state index in [1.54, 1.807) is 0 Å². The molecule has 1 heterocycles. The highest BCUT2D eigenvalue weighted by Crippen LogP contribution is 2.32. The van der Waals surface area contributed by atoms with Gasteiger partial charge in [0.05, 0.1) is 5.41 Å². The summed E-state index contributed by atoms with van der Waals surface area (Å²) in [5, 5.41) is 6.50. The predicted molar refractivity (Wildman–Crippen MR) is 67.3 cm³/mol. The maximum atomic E-state index is 12.3. The molecular formula is C13H26N2O. The zero-order valence-electron chi connectivity index (χ0n) is 10.9. The van der Waals surface area contributed by atoms with Crippen LogP contribution in [0.3, 0.4) is 0 Å². The van der Waals surface area contributed by atoms with E-state index in [4.69, 9.17) is 0 Å². The highest BCUT2D eigenvalue weighted by atomic mass is 16.2. The lowest BCUT2D eigenvalue weighted by molar-refractivity contribution is -0.133. The van der Waals surface area contributed by atoms with Crippen molar-refractivity contribution in [3.05, 3.63) is 0 Å². The summed E-state index contributed by atoms with van der Waals surface area (Å²) in [6.45, 7) is 8.34. The highest BCUT2D eigenvalue weighted by molar-refractivity contribution is 5.83. The van der Waals surface area contributed by atoms with Gasteiger partial charge in [-0.15, -0.1) is 0 Å². The van der Waals surface area contributed by atoms with Crippen LogP contribution in [0.1, 0.15) is 52.9 Å². The molecule has 2 N–H and O–H groups in total. The lowest BCUT2D eigenvalue weighted by Crippen LogP contribution is -2.49. The van der Waals surface area contributed by atoms with Gasteiger partial charge in [-0.25, -0.2) is 0 Å². The van der Waals surface area contributed by atoms with E-state index < -0.39 is 0 Å². The van der Waals surface area contributed by atoms with Gasteiger partial charge in [0.15, 0.2) is 0 Å². The number of rotatable bonds is 5. The number of amides is 1. The Morgan fingerprint density at radius 1 is 1.38 bits per heavy atom. The summed E-state index contributed by atoms with van der Waals surface area (Å²) in [7, 11) is 0. The van der Waals surface area contributed by atoms with E-state index in [9.17, 15) is 4.79 Å². The third-order valence-electron chi connectivity index (χ3n) is 3.82. The van der Waals surface area contributed by atoms with Gasteiger partial charge in [-0.2, -0.15) is 0 Å². The first-order valence-electron chi connectivity index (χ1n) is 6.66. The molecule has 1 fully saturated rings. The molecule has 0 radical (unpaired) electrons. The van der Waals surface area contributed by atoms with E-state index in [0.29, 0.717) is 6.04 Å². The van der Waals surface area contributed by atoms with Gasteiger partial charge >= 0.3 is 0 Å². The molecule has 1 atom stereocenters. The van der Waals surface area contributed by atoms with Crippen LogP contribution >= 0.6 is 0 Å². The Morgan fingerprint density at radius 2 is 2.00 bits per heavy atom. The van der Waals surface area contributed by atoms with E-state index >= 15 is 0 Å². The molecule has 3 heteroatoms. The van der Waals surface area contributed by atoms with Crippen LogP contribution in [0.2, 0.25) is 0 Å². The first-order valence-corrected chi connectivity index (χ1v) is 6.66. The molecule has 1 amide bonds. The average molecular weight is 226 g/mol. The van der Waals surface area contributed by atoms with Crippen LogP contribution in [0.5, 0.6) is 0 Å². The van der Waals surface area contributed by atoms with Crippen molar-refractivity contribution >= 4 is 5.91 Å². The zero-order chi connectivity index (χ0) is 12.0. The minimum Gasteiger partial charge on any atom is -0.353 e. The number of nitrogens with one attached hydrogen (secondary N) is 2. The quantitative estimate of drug-likeness (QED) is 0.753. The Labute approximate surface area is 99.4 Å². The van der Waals surface area contributed by atoms with E-state index in [2.05, 4.69) is 31.4 Å². The second-order valence-electron chi connectivity index (χ2n) is 5.05. The van der Waals surface area contributed by atoms with Crippen molar-refractivity contribution < 1.29 is 4.79 Å². The Kier molecular flexibility index (Phi) is 5.26. The molecule has 0 aromatic carbocycles. The number of carbonyl (C=O) groups excluding carboxylic acids is 1. The Hall–Kier alpha value is -0.570. The third-order valence-corrected chi connectivity index (χ3v) is 3.82. The van der Waals surface area contributed by atoms with Gasteiger partial charge < -0.3 is 10.6 Å². The molecular weight excluding hydrogens is 200 g/mol. The molecule has 0 aromatic rings. The van der Waals surface area contributed by atoms with Gasteiger partial charge in [0.1, 0.15) is 0 Å². The highest BCUT2D eigenvalue weighted by Gasteiger charge is 2.37. The van der Waals surface area contributed by atoms with E-state index in [1.807, 2.05) is 0 Å². The first kappa shape index (κ1) is 13.5. The fourth-order valence-electron chi connectivity index (χ4n) is 2.53. The van der Waals surface area contributed by atoms with Crippen molar-refractivity contribution in [1.29, 1.82) is 0 Å². The number of hydrogen-bond acceptors (Lipinski definition) is 2. The first-order chi connectivity index (χ1) is 7.64. The average Bonchev–Trinajstić information content (AvgIpc) is 2.30. The molecule has 0 aliphatic carbocycles. The molecule has 16 heavy (non-hydrogen) atoms. The van der Waals surface area contributed by atoms with Gasteiger partial charge in [-0.1, -0.05) is 20.3 Å². The molecule has 94 valence electrons. The summed E-state index contributed by atoms with van der Waals surface area (Å²) in [5.41, 5.74) is -0.104. The minimum absolute atomic E-state index is 0.104. The monoisotopic (exact) mass is 226 g/mol. The lowest BCUT2D eigenvalue weighted by atomic mass is 9.75. The zero-order valence-corrected chi connectivity index (χ0v) is 10.9. The largest absolute Gasteiger partial charge is 0.353 e. The predicted octanol–water partition coefficient (Wildman–Crippen LogP) is 2.07. The van der Waals surface area contributed by atoms with Crippen molar-refractivity contribution in [1.82, 2.24) is 10.6 Å². The van der Waals surface area contributed by atoms with Crippen molar-refractivity contribution in [3.8, 4) is 0 Å². The van der Waals surface area contributed by atoms with Crippen molar-refractivity contribution in [2.24, 2.45) is 5.41 Å². The van der Waals surface area contributed by atoms with Gasteiger partial charge in [-0.05, 0) is 45.7 Å². The summed E-state index contributed by atoms with van der Waals surface area (Å²) in [4.78, 5) is 12.3. The van der Waals surface area contributed by atoms with Crippen LogP contribution in [0.15, 0.2) is 0 Å². The SMILES string of the molecule is CCCC(C)NC(=O)C1(CC)CCNCC1. The number of carbonyl (C=O) groups is 1. The molecule has 1 aliphatic rings. The molecule has 1 unspecified atom stereocenters. The summed E-state index contributed by atoms with van der Waals surface area (Å²) in [6.07, 6.45) is 5.12. The van der Waals surface area contributed by atoms with E-state index in [1.165, 1.54) is 0 Å². The summed E-state index contributed by atoms with van der Waals surface area (Å²) < 4.78 is 0. The fourth-order valence-corrected chi connectivity index (χ4v) is 2.53. The molecule has 3 nitrogen and oxygen atoms in total. The van der Waals surface area contributed by atoms with Crippen LogP contribution in [0.4, 0.5) is 0 Å². The summed E-state index contributed by atoms with van der Waals surface area (Å²) in [6, 6.07) is 0.316. The molecule has 1 saturated heterocycles. The Balaban J connectivity index is 2.54. The fraction of sp³-hybridized carbons (Fsp3) is 0.923. The second kappa shape index (κ2) is 6.24. The maximum Gasteiger partial charge on any atom is 0.226 e. The van der Waals surface area contributed by atoms with Gasteiger partial charge in [-0.3, -0.25) is 4.79 Å². The normalized spacial score (nSPS) is 21.4. The molecule has 0 aromatic heterocycles. The van der Waals surface area contributed by atoms with Gasteiger partial charge in [0.2, 0.25) is 5.91 Å². The topological polar surface area (TPSA) is 41.1 Å². The van der Waals surface area contributed by atoms with Crippen LogP contribution < -0.4 is 10.6 Å². The third kappa shape index (κ3) is 3.21. The standard InChI is InChI=1S/C13H26N2O/c1-4-6-11(3)15-12(16)13(5-2)7-9-14-10-8-13/h11,14H,4-10H2,1-3H3,(H,15,16). The number of hydrogen-bond donors (Lipinski definition) is 2. The molecule has 0 saturated carbocycles. The van der Waals surface area contributed by atoms with Crippen LogP contribution in [0, 0.1) is 5.41 Å². The van der Waals surface area contributed by atoms with Crippen molar-refractivity contribution in [2.75, 3.05) is 13.1 Å². The molecule has 0 bridgehead atoms. The summed E-state index contributed by atoms with van der Waals surface area (Å²) in [5.74, 6) is 0.275. The van der Waals surface area contributed by atoms with Crippen molar-refractivity contribution in [2.45, 2.75) is 58.9 Å². The Morgan fingerprint density at radius 3 is 2.50 bits per heavy atom. The van der Waals surface area contributed by atoms with Crippen LogP contribution in [0.25, 0.3) is 0 Å². The Bertz CT molecular complexity index is 222. The second-order valence-corrected chi connectivity index (χ2v) is 5.05. The summed E-state index contributed by atoms with van der Waals surface area (Å²) >= 11 is 0. The van der Waals surface area contributed by atoms with Gasteiger partial charge in [0, 0.05) is 6.04 Å². The molecule has 1 rings (SSSR count). The minimum atomic E-state index is -0.104.